The monoisotopic (exact) mass is 386 g/mol. The molecule has 1 N–H and O–H groups in total. The fourth-order valence-corrected chi connectivity index (χ4v) is 3.05. The van der Waals surface area contributed by atoms with Crippen molar-refractivity contribution in [2.75, 3.05) is 5.75 Å². The number of rotatable bonds is 6. The highest BCUT2D eigenvalue weighted by Crippen LogP contribution is 2.31. The number of thioether (sulfide) groups is 1. The molecule has 8 heteroatoms. The third-order valence-electron chi connectivity index (χ3n) is 3.11. The molecule has 1 amide bonds. The maximum atomic E-state index is 12.8. The molecule has 0 unspecified atom stereocenters. The minimum Gasteiger partial charge on any atom is -0.272 e. The Bertz CT molecular complexity index is 766. The molecule has 0 saturated carbocycles. The maximum absolute atomic E-state index is 12.8. The van der Waals surface area contributed by atoms with Gasteiger partial charge in [0.05, 0.1) is 17.5 Å². The Hall–Kier alpha value is -1.99. The van der Waals surface area contributed by atoms with E-state index in [2.05, 4.69) is 10.5 Å². The zero-order chi connectivity index (χ0) is 18.3. The van der Waals surface area contributed by atoms with Gasteiger partial charge in [-0.15, -0.1) is 11.8 Å². The number of hydrazone groups is 1. The summed E-state index contributed by atoms with van der Waals surface area (Å²) < 4.78 is 38.5. The van der Waals surface area contributed by atoms with Crippen LogP contribution in [0.4, 0.5) is 13.2 Å². The molecule has 0 aliphatic rings. The van der Waals surface area contributed by atoms with E-state index in [-0.39, 0.29) is 11.3 Å². The second kappa shape index (κ2) is 8.92. The van der Waals surface area contributed by atoms with Crippen molar-refractivity contribution in [3.05, 3.63) is 70.2 Å². The van der Waals surface area contributed by atoms with E-state index in [1.54, 1.807) is 6.07 Å². The van der Waals surface area contributed by atoms with Gasteiger partial charge >= 0.3 is 6.18 Å². The molecule has 0 fully saturated rings. The number of nitrogens with zero attached hydrogens (tertiary/aromatic N) is 1. The van der Waals surface area contributed by atoms with E-state index in [9.17, 15) is 18.0 Å². The van der Waals surface area contributed by atoms with Crippen LogP contribution in [0.3, 0.4) is 0 Å². The van der Waals surface area contributed by atoms with E-state index in [1.807, 2.05) is 18.2 Å². The summed E-state index contributed by atoms with van der Waals surface area (Å²) in [7, 11) is 0. The van der Waals surface area contributed by atoms with Gasteiger partial charge in [0.1, 0.15) is 0 Å². The zero-order valence-corrected chi connectivity index (χ0v) is 14.5. The van der Waals surface area contributed by atoms with Crippen LogP contribution in [0.25, 0.3) is 0 Å². The Morgan fingerprint density at radius 3 is 2.56 bits per heavy atom. The number of alkyl halides is 3. The molecule has 2 rings (SSSR count). The largest absolute Gasteiger partial charge is 0.417 e. The van der Waals surface area contributed by atoms with Crippen molar-refractivity contribution in [2.24, 2.45) is 5.10 Å². The van der Waals surface area contributed by atoms with E-state index in [0.717, 1.165) is 17.8 Å². The van der Waals surface area contributed by atoms with Gasteiger partial charge in [-0.25, -0.2) is 5.43 Å². The number of amides is 1. The van der Waals surface area contributed by atoms with Gasteiger partial charge in [-0.2, -0.15) is 18.3 Å². The first-order valence-corrected chi connectivity index (χ1v) is 8.70. The lowest BCUT2D eigenvalue weighted by atomic mass is 10.1. The fraction of sp³-hybridized carbons (Fsp3) is 0.176. The van der Waals surface area contributed by atoms with Crippen molar-refractivity contribution >= 4 is 35.5 Å². The molecule has 0 aliphatic carbocycles. The van der Waals surface area contributed by atoms with Crippen molar-refractivity contribution < 1.29 is 18.0 Å². The Morgan fingerprint density at radius 2 is 1.84 bits per heavy atom. The van der Waals surface area contributed by atoms with Gasteiger partial charge in [-0.1, -0.05) is 48.0 Å². The quantitative estimate of drug-likeness (QED) is 0.575. The molecule has 0 saturated heterocycles. The van der Waals surface area contributed by atoms with Crippen molar-refractivity contribution in [1.82, 2.24) is 5.43 Å². The average molecular weight is 387 g/mol. The molecular formula is C17H14ClF3N2OS. The van der Waals surface area contributed by atoms with Gasteiger partial charge in [-0.05, 0) is 17.7 Å². The summed E-state index contributed by atoms with van der Waals surface area (Å²) in [4.78, 5) is 11.7. The molecule has 0 heterocycles. The van der Waals surface area contributed by atoms with Crippen LogP contribution in [0.5, 0.6) is 0 Å². The molecule has 0 aliphatic heterocycles. The summed E-state index contributed by atoms with van der Waals surface area (Å²) in [6, 6.07) is 12.3. The predicted octanol–water partition coefficient (Wildman–Crippen LogP) is 4.74. The summed E-state index contributed by atoms with van der Waals surface area (Å²) in [6.07, 6.45) is -3.49. The molecular weight excluding hydrogens is 373 g/mol. The number of hydrogen-bond donors (Lipinski definition) is 1. The van der Waals surface area contributed by atoms with Gasteiger partial charge in [-0.3, -0.25) is 4.79 Å². The summed E-state index contributed by atoms with van der Waals surface area (Å²) in [5, 5.41) is 4.22. The summed E-state index contributed by atoms with van der Waals surface area (Å²) in [5.74, 6) is 0.259. The van der Waals surface area contributed by atoms with Crippen LogP contribution in [0.2, 0.25) is 5.02 Å². The van der Waals surface area contributed by atoms with Crippen LogP contribution in [0.15, 0.2) is 53.6 Å². The highest BCUT2D eigenvalue weighted by Gasteiger charge is 2.32. The number of halogens is 4. The molecule has 0 radical (unpaired) electrons. The fourth-order valence-electron chi connectivity index (χ4n) is 1.94. The van der Waals surface area contributed by atoms with Crippen molar-refractivity contribution in [3.8, 4) is 0 Å². The van der Waals surface area contributed by atoms with E-state index in [0.29, 0.717) is 10.8 Å². The standard InChI is InChI=1S/C17H14ClF3N2OS/c18-15-8-4-2-6-13(15)10-25-11-16(24)23-22-9-12-5-1-3-7-14(12)17(19,20)21/h1-9H,10-11H2,(H,23,24)/b22-9-. The van der Waals surface area contributed by atoms with E-state index >= 15 is 0 Å². The van der Waals surface area contributed by atoms with E-state index < -0.39 is 17.6 Å². The Balaban J connectivity index is 1.84. The first-order chi connectivity index (χ1) is 11.9. The van der Waals surface area contributed by atoms with Crippen LogP contribution in [-0.4, -0.2) is 17.9 Å². The maximum Gasteiger partial charge on any atom is 0.417 e. The van der Waals surface area contributed by atoms with Gasteiger partial charge < -0.3 is 0 Å². The molecule has 2 aromatic carbocycles. The van der Waals surface area contributed by atoms with Gasteiger partial charge in [0.25, 0.3) is 0 Å². The molecule has 3 nitrogen and oxygen atoms in total. The van der Waals surface area contributed by atoms with Crippen molar-refractivity contribution in [2.45, 2.75) is 11.9 Å². The molecule has 2 aromatic rings. The summed E-state index contributed by atoms with van der Waals surface area (Å²) in [5.41, 5.74) is 2.21. The first kappa shape index (κ1) is 19.3. The van der Waals surface area contributed by atoms with Crippen LogP contribution < -0.4 is 5.43 Å². The molecule has 132 valence electrons. The first-order valence-electron chi connectivity index (χ1n) is 7.17. The second-order valence-corrected chi connectivity index (χ2v) is 6.36. The van der Waals surface area contributed by atoms with Crippen molar-refractivity contribution in [1.29, 1.82) is 0 Å². The van der Waals surface area contributed by atoms with Crippen LogP contribution in [-0.2, 0) is 16.7 Å². The molecule has 0 bridgehead atoms. The topological polar surface area (TPSA) is 41.5 Å². The third-order valence-corrected chi connectivity index (χ3v) is 4.46. The highest BCUT2D eigenvalue weighted by molar-refractivity contribution is 7.99. The second-order valence-electron chi connectivity index (χ2n) is 4.96. The molecule has 0 atom stereocenters. The molecule has 0 spiro atoms. The highest BCUT2D eigenvalue weighted by atomic mass is 35.5. The Morgan fingerprint density at radius 1 is 1.16 bits per heavy atom. The minimum atomic E-state index is -4.47. The Labute approximate surface area is 152 Å². The molecule has 0 aromatic heterocycles. The van der Waals surface area contributed by atoms with Crippen molar-refractivity contribution in [3.63, 3.8) is 0 Å². The lowest BCUT2D eigenvalue weighted by Crippen LogP contribution is -2.20. The number of hydrogen-bond acceptors (Lipinski definition) is 3. The van der Waals surface area contributed by atoms with Crippen LogP contribution in [0.1, 0.15) is 16.7 Å². The SMILES string of the molecule is O=C(CSCc1ccccc1Cl)N/N=C\c1ccccc1C(F)(F)F. The van der Waals surface area contributed by atoms with Gasteiger partial charge in [0.15, 0.2) is 0 Å². The summed E-state index contributed by atoms with van der Waals surface area (Å²) in [6.45, 7) is 0. The summed E-state index contributed by atoms with van der Waals surface area (Å²) >= 11 is 7.35. The molecule has 25 heavy (non-hydrogen) atoms. The number of carbonyl (C=O) groups is 1. The lowest BCUT2D eigenvalue weighted by molar-refractivity contribution is -0.137. The van der Waals surface area contributed by atoms with E-state index in [1.165, 1.54) is 30.0 Å². The third kappa shape index (κ3) is 6.10. The predicted molar refractivity (Wildman–Crippen MR) is 94.8 cm³/mol. The number of nitrogens with one attached hydrogen (secondary N) is 1. The number of carbonyl (C=O) groups excluding carboxylic acids is 1. The smallest absolute Gasteiger partial charge is 0.272 e. The minimum absolute atomic E-state index is 0.112. The number of benzene rings is 2. The van der Waals surface area contributed by atoms with Gasteiger partial charge in [0.2, 0.25) is 5.91 Å². The van der Waals surface area contributed by atoms with Crippen LogP contribution in [0, 0.1) is 0 Å². The lowest BCUT2D eigenvalue weighted by Gasteiger charge is -2.09. The van der Waals surface area contributed by atoms with Gasteiger partial charge in [0, 0.05) is 16.3 Å². The normalized spacial score (nSPS) is 11.7. The average Bonchev–Trinajstić information content (AvgIpc) is 2.56. The van der Waals surface area contributed by atoms with Crippen LogP contribution >= 0.6 is 23.4 Å². The van der Waals surface area contributed by atoms with E-state index in [4.69, 9.17) is 11.6 Å². The Kier molecular flexibility index (Phi) is 6.90. The zero-order valence-electron chi connectivity index (χ0n) is 12.9.